The molecule has 0 bridgehead atoms. The van der Waals surface area contributed by atoms with Crippen LogP contribution in [-0.2, 0) is 40.1 Å². The molecule has 9 nitrogen and oxygen atoms in total. The molecule has 0 saturated carbocycles. The number of thiophene rings is 1. The molecule has 1 aromatic carbocycles. The van der Waals surface area contributed by atoms with Gasteiger partial charge in [0.25, 0.3) is 11.5 Å². The summed E-state index contributed by atoms with van der Waals surface area (Å²) < 4.78 is 12.1. The molecule has 10 heteroatoms. The van der Waals surface area contributed by atoms with Crippen LogP contribution in [0.25, 0.3) is 10.9 Å². The second-order valence-electron chi connectivity index (χ2n) is 9.22. The van der Waals surface area contributed by atoms with Gasteiger partial charge in [0.15, 0.2) is 6.61 Å². The molecule has 0 unspecified atom stereocenters. The molecule has 0 spiro atoms. The third-order valence-corrected chi connectivity index (χ3v) is 7.80. The van der Waals surface area contributed by atoms with Crippen molar-refractivity contribution in [3.63, 3.8) is 0 Å². The fourth-order valence-electron chi connectivity index (χ4n) is 4.85. The highest BCUT2D eigenvalue weighted by atomic mass is 32.1. The molecule has 1 N–H and O–H groups in total. The molecule has 1 aliphatic carbocycles. The molecule has 5 rings (SSSR count). The zero-order valence-corrected chi connectivity index (χ0v) is 21.0. The second-order valence-corrected chi connectivity index (χ2v) is 10.3. The van der Waals surface area contributed by atoms with Gasteiger partial charge in [-0.15, -0.1) is 11.3 Å². The lowest BCUT2D eigenvalue weighted by Gasteiger charge is -2.18. The molecule has 2 aromatic heterocycles. The first-order chi connectivity index (χ1) is 17.4. The maximum Gasteiger partial charge on any atom is 0.341 e. The molecular weight excluding hydrogens is 482 g/mol. The minimum absolute atomic E-state index is 0.114. The third kappa shape index (κ3) is 4.53. The van der Waals surface area contributed by atoms with Crippen LogP contribution < -0.4 is 10.9 Å². The van der Waals surface area contributed by atoms with Crippen molar-refractivity contribution in [2.45, 2.75) is 52.5 Å². The van der Waals surface area contributed by atoms with Crippen LogP contribution in [0.1, 0.15) is 63.7 Å². The average molecular weight is 510 g/mol. The number of rotatable bonds is 6. The summed E-state index contributed by atoms with van der Waals surface area (Å²) in [5.41, 5.74) is 1.87. The van der Waals surface area contributed by atoms with E-state index in [1.165, 1.54) is 23.5 Å². The van der Waals surface area contributed by atoms with E-state index in [9.17, 15) is 19.2 Å². The lowest BCUT2D eigenvalue weighted by atomic mass is 9.88. The molecule has 1 amide bonds. The number of anilines is 1. The second kappa shape index (κ2) is 9.85. The van der Waals surface area contributed by atoms with E-state index >= 15 is 0 Å². The highest BCUT2D eigenvalue weighted by molar-refractivity contribution is 7.17. The van der Waals surface area contributed by atoms with E-state index < -0.39 is 24.5 Å². The number of amides is 1. The normalized spacial score (nSPS) is 16.3. The fraction of sp³-hybridized carbons (Fsp3) is 0.423. The number of hydrogen-bond donors (Lipinski definition) is 1. The molecule has 3 heterocycles. The Bertz CT molecular complexity index is 1440. The monoisotopic (exact) mass is 509 g/mol. The van der Waals surface area contributed by atoms with E-state index in [0.717, 1.165) is 42.5 Å². The maximum absolute atomic E-state index is 12.7. The zero-order chi connectivity index (χ0) is 25.4. The van der Waals surface area contributed by atoms with Gasteiger partial charge in [0.2, 0.25) is 0 Å². The van der Waals surface area contributed by atoms with Gasteiger partial charge in [-0.05, 0) is 62.3 Å². The predicted octanol–water partition coefficient (Wildman–Crippen LogP) is 3.50. The number of ether oxygens (including phenoxy) is 2. The van der Waals surface area contributed by atoms with Crippen LogP contribution >= 0.6 is 11.3 Å². The highest BCUT2D eigenvalue weighted by Gasteiger charge is 2.29. The molecule has 36 heavy (non-hydrogen) atoms. The number of aryl methyl sites for hydroxylation is 1. The Balaban J connectivity index is 1.29. The van der Waals surface area contributed by atoms with Gasteiger partial charge in [0, 0.05) is 17.8 Å². The number of nitrogens with one attached hydrogen (secondary N) is 1. The summed E-state index contributed by atoms with van der Waals surface area (Å²) in [4.78, 5) is 56.1. The van der Waals surface area contributed by atoms with Crippen LogP contribution in [0.5, 0.6) is 0 Å². The minimum Gasteiger partial charge on any atom is -0.462 e. The lowest BCUT2D eigenvalue weighted by molar-refractivity contribution is -0.119. The standard InChI is InChI=1S/C26H27N3O6S/c1-3-34-26(33)22-17-8-6-14(2)11-19(17)36-23(22)28-21(30)13-35-25(32)15-7-9-16-18(12-15)27-20-5-4-10-29(20)24(16)31/h7,9,12,14H,3-6,8,10-11,13H2,1-2H3,(H,28,30)/t14-/m0/s1. The van der Waals surface area contributed by atoms with Gasteiger partial charge in [0.1, 0.15) is 10.8 Å². The Kier molecular flexibility index (Phi) is 6.61. The van der Waals surface area contributed by atoms with Gasteiger partial charge in [-0.2, -0.15) is 0 Å². The van der Waals surface area contributed by atoms with Crippen molar-refractivity contribution in [2.24, 2.45) is 5.92 Å². The van der Waals surface area contributed by atoms with Gasteiger partial charge >= 0.3 is 11.9 Å². The third-order valence-electron chi connectivity index (χ3n) is 6.63. The largest absolute Gasteiger partial charge is 0.462 e. The Labute approximate surface area is 211 Å². The number of nitrogens with zero attached hydrogens (tertiary/aromatic N) is 2. The Morgan fingerprint density at radius 3 is 2.83 bits per heavy atom. The van der Waals surface area contributed by atoms with Crippen molar-refractivity contribution in [1.29, 1.82) is 0 Å². The van der Waals surface area contributed by atoms with Crippen LogP contribution in [0, 0.1) is 5.92 Å². The molecule has 0 saturated heterocycles. The van der Waals surface area contributed by atoms with Crippen LogP contribution in [0.4, 0.5) is 5.00 Å². The van der Waals surface area contributed by atoms with Crippen molar-refractivity contribution in [2.75, 3.05) is 18.5 Å². The summed E-state index contributed by atoms with van der Waals surface area (Å²) in [5.74, 6) is -0.481. The molecule has 0 radical (unpaired) electrons. The first kappa shape index (κ1) is 24.2. The van der Waals surface area contributed by atoms with Crippen molar-refractivity contribution < 1.29 is 23.9 Å². The summed E-state index contributed by atoms with van der Waals surface area (Å²) in [7, 11) is 0. The van der Waals surface area contributed by atoms with Crippen LogP contribution in [0.3, 0.4) is 0 Å². The summed E-state index contributed by atoms with van der Waals surface area (Å²) >= 11 is 1.38. The summed E-state index contributed by atoms with van der Waals surface area (Å²) in [5, 5.41) is 3.61. The molecule has 0 fully saturated rings. The van der Waals surface area contributed by atoms with Crippen molar-refractivity contribution >= 4 is 45.1 Å². The number of benzene rings is 1. The molecule has 3 aromatic rings. The summed E-state index contributed by atoms with van der Waals surface area (Å²) in [6, 6.07) is 4.58. The van der Waals surface area contributed by atoms with Gasteiger partial charge in [-0.1, -0.05) is 6.92 Å². The van der Waals surface area contributed by atoms with Gasteiger partial charge in [-0.3, -0.25) is 14.2 Å². The smallest absolute Gasteiger partial charge is 0.341 e. The number of hydrogen-bond acceptors (Lipinski definition) is 8. The fourth-order valence-corrected chi connectivity index (χ4v) is 6.26. The Hall–Kier alpha value is -3.53. The number of aromatic nitrogens is 2. The first-order valence-electron chi connectivity index (χ1n) is 12.2. The van der Waals surface area contributed by atoms with Gasteiger partial charge < -0.3 is 14.8 Å². The number of fused-ring (bicyclic) bond motifs is 3. The maximum atomic E-state index is 12.7. The quantitative estimate of drug-likeness (QED) is 0.506. The number of carbonyl (C=O) groups is 3. The van der Waals surface area contributed by atoms with Crippen molar-refractivity contribution in [3.8, 4) is 0 Å². The van der Waals surface area contributed by atoms with Crippen LogP contribution in [0.2, 0.25) is 0 Å². The summed E-state index contributed by atoms with van der Waals surface area (Å²) in [6.07, 6.45) is 4.16. The molecule has 1 aliphatic heterocycles. The van der Waals surface area contributed by atoms with E-state index in [1.807, 2.05) is 0 Å². The zero-order valence-electron chi connectivity index (χ0n) is 20.2. The van der Waals surface area contributed by atoms with Crippen molar-refractivity contribution in [1.82, 2.24) is 9.55 Å². The van der Waals surface area contributed by atoms with E-state index in [-0.39, 0.29) is 17.7 Å². The Morgan fingerprint density at radius 1 is 1.19 bits per heavy atom. The predicted molar refractivity (Wildman–Crippen MR) is 135 cm³/mol. The topological polar surface area (TPSA) is 117 Å². The molecular formula is C26H27N3O6S. The first-order valence-corrected chi connectivity index (χ1v) is 13.0. The van der Waals surface area contributed by atoms with E-state index in [4.69, 9.17) is 9.47 Å². The van der Waals surface area contributed by atoms with E-state index in [0.29, 0.717) is 39.8 Å². The average Bonchev–Trinajstić information content (AvgIpc) is 3.46. The summed E-state index contributed by atoms with van der Waals surface area (Å²) in [6.45, 7) is 4.28. The molecule has 2 aliphatic rings. The van der Waals surface area contributed by atoms with E-state index in [1.54, 1.807) is 17.6 Å². The van der Waals surface area contributed by atoms with E-state index in [2.05, 4.69) is 17.2 Å². The lowest BCUT2D eigenvalue weighted by Crippen LogP contribution is -2.22. The SMILES string of the molecule is CCOC(=O)c1c(NC(=O)COC(=O)c2ccc3c(=O)n4c(nc3c2)CCC4)sc2c1CC[C@H](C)C2. The van der Waals surface area contributed by atoms with Gasteiger partial charge in [0.05, 0.1) is 28.6 Å². The minimum atomic E-state index is -0.695. The van der Waals surface area contributed by atoms with Crippen LogP contribution in [-0.4, -0.2) is 40.6 Å². The van der Waals surface area contributed by atoms with Crippen LogP contribution in [0.15, 0.2) is 23.0 Å². The van der Waals surface area contributed by atoms with Crippen molar-refractivity contribution in [3.05, 3.63) is 55.9 Å². The number of esters is 2. The molecule has 188 valence electrons. The number of carbonyl (C=O) groups excluding carboxylic acids is 3. The highest BCUT2D eigenvalue weighted by Crippen LogP contribution is 2.40. The Morgan fingerprint density at radius 2 is 2.03 bits per heavy atom. The van der Waals surface area contributed by atoms with Gasteiger partial charge in [-0.25, -0.2) is 14.6 Å². The molecule has 1 atom stereocenters.